The fourth-order valence-corrected chi connectivity index (χ4v) is 1.60. The molecule has 1 aromatic carbocycles. The Morgan fingerprint density at radius 3 is 2.43 bits per heavy atom. The zero-order valence-electron chi connectivity index (χ0n) is 11.8. The van der Waals surface area contributed by atoms with Crippen molar-refractivity contribution in [3.05, 3.63) is 28.7 Å². The molecule has 0 amide bonds. The van der Waals surface area contributed by atoms with Gasteiger partial charge in [0.15, 0.2) is 0 Å². The van der Waals surface area contributed by atoms with Gasteiger partial charge in [0, 0.05) is 11.0 Å². The van der Waals surface area contributed by atoms with Crippen molar-refractivity contribution in [2.45, 2.75) is 19.8 Å². The van der Waals surface area contributed by atoms with Crippen molar-refractivity contribution in [1.29, 1.82) is 0 Å². The van der Waals surface area contributed by atoms with E-state index < -0.39 is 11.9 Å². The summed E-state index contributed by atoms with van der Waals surface area (Å²) < 4.78 is 6.63. The third-order valence-electron chi connectivity index (χ3n) is 2.23. The molecule has 21 heavy (non-hydrogen) atoms. The SMILES string of the molecule is CCCCNCCOc1cccc(Br)c1.O=C(O)C(=O)O. The summed E-state index contributed by atoms with van der Waals surface area (Å²) >= 11 is 3.41. The Hall–Kier alpha value is -1.60. The summed E-state index contributed by atoms with van der Waals surface area (Å²) in [5.74, 6) is -2.73. The second-order valence-electron chi connectivity index (χ2n) is 4.02. The summed E-state index contributed by atoms with van der Waals surface area (Å²) in [4.78, 5) is 18.2. The van der Waals surface area contributed by atoms with Crippen LogP contribution in [0.3, 0.4) is 0 Å². The van der Waals surface area contributed by atoms with Gasteiger partial charge in [0.25, 0.3) is 0 Å². The minimum absolute atomic E-state index is 0.722. The molecule has 0 aromatic heterocycles. The van der Waals surface area contributed by atoms with Crippen LogP contribution in [0.15, 0.2) is 28.7 Å². The van der Waals surface area contributed by atoms with Crippen LogP contribution in [-0.2, 0) is 9.59 Å². The predicted octanol–water partition coefficient (Wildman–Crippen LogP) is 2.37. The van der Waals surface area contributed by atoms with Crippen molar-refractivity contribution in [2.24, 2.45) is 0 Å². The van der Waals surface area contributed by atoms with Crippen LogP contribution < -0.4 is 10.1 Å². The van der Waals surface area contributed by atoms with Crippen LogP contribution in [0, 0.1) is 0 Å². The maximum absolute atomic E-state index is 9.10. The van der Waals surface area contributed by atoms with E-state index in [-0.39, 0.29) is 0 Å². The quantitative estimate of drug-likeness (QED) is 0.509. The third kappa shape index (κ3) is 11.9. The first-order valence-corrected chi connectivity index (χ1v) is 7.32. The monoisotopic (exact) mass is 361 g/mol. The van der Waals surface area contributed by atoms with E-state index in [0.717, 1.165) is 29.9 Å². The van der Waals surface area contributed by atoms with Crippen molar-refractivity contribution in [2.75, 3.05) is 19.7 Å². The van der Waals surface area contributed by atoms with Crippen LogP contribution in [0.4, 0.5) is 0 Å². The number of benzene rings is 1. The van der Waals surface area contributed by atoms with Crippen molar-refractivity contribution in [3.8, 4) is 5.75 Å². The first-order valence-electron chi connectivity index (χ1n) is 6.52. The summed E-state index contributed by atoms with van der Waals surface area (Å²) in [6, 6.07) is 7.92. The van der Waals surface area contributed by atoms with Gasteiger partial charge >= 0.3 is 11.9 Å². The number of nitrogens with one attached hydrogen (secondary N) is 1. The van der Waals surface area contributed by atoms with Crippen molar-refractivity contribution < 1.29 is 24.5 Å². The Kier molecular flexibility index (Phi) is 11.2. The number of carboxylic acid groups (broad SMARTS) is 2. The Bertz CT molecular complexity index is 427. The Labute approximate surface area is 132 Å². The van der Waals surface area contributed by atoms with Gasteiger partial charge in [-0.15, -0.1) is 0 Å². The zero-order chi connectivity index (χ0) is 16.1. The topological polar surface area (TPSA) is 95.9 Å². The lowest BCUT2D eigenvalue weighted by Gasteiger charge is -2.07. The Balaban J connectivity index is 0.000000567. The normalized spacial score (nSPS) is 9.43. The van der Waals surface area contributed by atoms with Gasteiger partial charge in [0.05, 0.1) is 0 Å². The first kappa shape index (κ1) is 19.4. The smallest absolute Gasteiger partial charge is 0.414 e. The number of hydrogen-bond donors (Lipinski definition) is 3. The van der Waals surface area contributed by atoms with Crippen LogP contribution in [-0.4, -0.2) is 41.8 Å². The molecule has 0 heterocycles. The fraction of sp³-hybridized carbons (Fsp3) is 0.429. The molecule has 6 nitrogen and oxygen atoms in total. The molecule has 7 heteroatoms. The van der Waals surface area contributed by atoms with Crippen molar-refractivity contribution in [1.82, 2.24) is 5.32 Å². The molecule has 3 N–H and O–H groups in total. The molecule has 1 aromatic rings. The summed E-state index contributed by atoms with van der Waals surface area (Å²) in [5.41, 5.74) is 0. The van der Waals surface area contributed by atoms with Crippen LogP contribution in [0.2, 0.25) is 0 Å². The number of halogens is 1. The standard InChI is InChI=1S/C12H18BrNO.C2H2O4/c1-2-3-7-14-8-9-15-12-6-4-5-11(13)10-12;3-1(4)2(5)6/h4-6,10,14H,2-3,7-9H2,1H3;(H,3,4)(H,5,6). The highest BCUT2D eigenvalue weighted by Gasteiger charge is 2.04. The largest absolute Gasteiger partial charge is 0.492 e. The van der Waals surface area contributed by atoms with Gasteiger partial charge in [-0.3, -0.25) is 0 Å². The second-order valence-corrected chi connectivity index (χ2v) is 4.94. The van der Waals surface area contributed by atoms with E-state index in [1.165, 1.54) is 12.8 Å². The molecule has 0 aliphatic carbocycles. The third-order valence-corrected chi connectivity index (χ3v) is 2.73. The summed E-state index contributed by atoms with van der Waals surface area (Å²) in [6.45, 7) is 4.91. The second kappa shape index (κ2) is 12.2. The lowest BCUT2D eigenvalue weighted by molar-refractivity contribution is -0.159. The average molecular weight is 362 g/mol. The molecule has 0 saturated carbocycles. The van der Waals surface area contributed by atoms with Gasteiger partial charge in [-0.2, -0.15) is 0 Å². The van der Waals surface area contributed by atoms with Gasteiger partial charge in [-0.1, -0.05) is 35.3 Å². The molecule has 0 saturated heterocycles. The molecule has 1 rings (SSSR count). The molecule has 118 valence electrons. The summed E-state index contributed by atoms with van der Waals surface area (Å²) in [6.07, 6.45) is 2.47. The fourth-order valence-electron chi connectivity index (χ4n) is 1.22. The molecule has 0 bridgehead atoms. The first-order chi connectivity index (χ1) is 9.97. The highest BCUT2D eigenvalue weighted by Crippen LogP contribution is 2.17. The van der Waals surface area contributed by atoms with Crippen molar-refractivity contribution >= 4 is 27.9 Å². The number of rotatable bonds is 7. The van der Waals surface area contributed by atoms with Crippen molar-refractivity contribution in [3.63, 3.8) is 0 Å². The predicted molar refractivity (Wildman–Crippen MR) is 82.7 cm³/mol. The lowest BCUT2D eigenvalue weighted by atomic mass is 10.3. The minimum atomic E-state index is -1.82. The molecule has 0 atom stereocenters. The van der Waals surface area contributed by atoms with E-state index in [1.807, 2.05) is 24.3 Å². The lowest BCUT2D eigenvalue weighted by Crippen LogP contribution is -2.21. The minimum Gasteiger partial charge on any atom is -0.492 e. The molecule has 0 radical (unpaired) electrons. The van der Waals surface area contributed by atoms with Crippen LogP contribution in [0.5, 0.6) is 5.75 Å². The number of carbonyl (C=O) groups is 2. The summed E-state index contributed by atoms with van der Waals surface area (Å²) in [5, 5.41) is 18.1. The molecule has 0 spiro atoms. The summed E-state index contributed by atoms with van der Waals surface area (Å²) in [7, 11) is 0. The van der Waals surface area contributed by atoms with E-state index >= 15 is 0 Å². The maximum atomic E-state index is 9.10. The van der Waals surface area contributed by atoms with Gasteiger partial charge in [-0.25, -0.2) is 9.59 Å². The van der Waals surface area contributed by atoms with Crippen LogP contribution >= 0.6 is 15.9 Å². The van der Waals surface area contributed by atoms with Crippen LogP contribution in [0.25, 0.3) is 0 Å². The number of unbranched alkanes of at least 4 members (excludes halogenated alkanes) is 1. The molecule has 0 aliphatic heterocycles. The number of ether oxygens (including phenoxy) is 1. The number of aliphatic carboxylic acids is 2. The van der Waals surface area contributed by atoms with E-state index in [2.05, 4.69) is 28.2 Å². The van der Waals surface area contributed by atoms with Gasteiger partial charge < -0.3 is 20.3 Å². The van der Waals surface area contributed by atoms with Gasteiger partial charge in [-0.05, 0) is 31.2 Å². The molecular weight excluding hydrogens is 342 g/mol. The van der Waals surface area contributed by atoms with E-state index in [9.17, 15) is 0 Å². The number of carboxylic acids is 2. The maximum Gasteiger partial charge on any atom is 0.414 e. The average Bonchev–Trinajstić information content (AvgIpc) is 2.43. The molecule has 0 aliphatic rings. The van der Waals surface area contributed by atoms with E-state index in [1.54, 1.807) is 0 Å². The highest BCUT2D eigenvalue weighted by atomic mass is 79.9. The van der Waals surface area contributed by atoms with Gasteiger partial charge in [0.1, 0.15) is 12.4 Å². The highest BCUT2D eigenvalue weighted by molar-refractivity contribution is 9.10. The Morgan fingerprint density at radius 1 is 1.24 bits per heavy atom. The van der Waals surface area contributed by atoms with Crippen LogP contribution in [0.1, 0.15) is 19.8 Å². The molecular formula is C14H20BrNO5. The Morgan fingerprint density at radius 2 is 1.90 bits per heavy atom. The molecule has 0 fully saturated rings. The zero-order valence-corrected chi connectivity index (χ0v) is 13.4. The molecule has 0 unspecified atom stereocenters. The van der Waals surface area contributed by atoms with Gasteiger partial charge in [0.2, 0.25) is 0 Å². The van der Waals surface area contributed by atoms with E-state index in [4.69, 9.17) is 24.5 Å². The van der Waals surface area contributed by atoms with E-state index in [0.29, 0.717) is 0 Å². The number of hydrogen-bond acceptors (Lipinski definition) is 4.